The van der Waals surface area contributed by atoms with Crippen LogP contribution < -0.4 is 0 Å². The smallest absolute Gasteiger partial charge is 0.277 e. The number of hydrogen-bond donors (Lipinski definition) is 0. The van der Waals surface area contributed by atoms with Crippen LogP contribution in [0.3, 0.4) is 0 Å². The molecular weight excluding hydrogens is 350 g/mol. The summed E-state index contributed by atoms with van der Waals surface area (Å²) < 4.78 is 130. The van der Waals surface area contributed by atoms with Gasteiger partial charge in [0.05, 0.1) is 0 Å². The maximum absolute atomic E-state index is 14.3. The van der Waals surface area contributed by atoms with Gasteiger partial charge in [-0.15, -0.1) is 0 Å². The van der Waals surface area contributed by atoms with Gasteiger partial charge in [-0.05, 0) is 12.2 Å². The van der Waals surface area contributed by atoms with Crippen molar-refractivity contribution in [1.82, 2.24) is 4.90 Å². The van der Waals surface area contributed by atoms with Crippen molar-refractivity contribution in [1.29, 1.82) is 0 Å². The van der Waals surface area contributed by atoms with Crippen molar-refractivity contribution in [3.05, 3.63) is 36.0 Å². The van der Waals surface area contributed by atoms with E-state index in [0.29, 0.717) is 12.3 Å². The van der Waals surface area contributed by atoms with E-state index in [4.69, 9.17) is 0 Å². The summed E-state index contributed by atoms with van der Waals surface area (Å²) in [7, 11) is 0. The van der Waals surface area contributed by atoms with Gasteiger partial charge in [0.25, 0.3) is 0 Å². The number of fused-ring (bicyclic) bond motifs is 1. The minimum Gasteiger partial charge on any atom is -0.277 e. The molecule has 128 valence electrons. The zero-order chi connectivity index (χ0) is 17.8. The Morgan fingerprint density at radius 2 is 1.52 bits per heavy atom. The molecule has 23 heavy (non-hydrogen) atoms. The van der Waals surface area contributed by atoms with Crippen LogP contribution in [0.5, 0.6) is 0 Å². The summed E-state index contributed by atoms with van der Waals surface area (Å²) in [6, 6.07) is 0. The lowest BCUT2D eigenvalue weighted by Crippen LogP contribution is -2.59. The monoisotopic (exact) mass is 354 g/mol. The second-order valence-corrected chi connectivity index (χ2v) is 4.40. The first kappa shape index (κ1) is 17.3. The third-order valence-corrected chi connectivity index (χ3v) is 2.91. The number of amidine groups is 1. The lowest BCUT2D eigenvalue weighted by atomic mass is 9.95. The summed E-state index contributed by atoms with van der Waals surface area (Å²) in [4.78, 5) is 2.13. The third-order valence-electron chi connectivity index (χ3n) is 2.91. The first-order chi connectivity index (χ1) is 10.2. The summed E-state index contributed by atoms with van der Waals surface area (Å²) in [5.74, 6) is -16.1. The summed E-state index contributed by atoms with van der Waals surface area (Å²) in [6.45, 7) is 0. The zero-order valence-corrected chi connectivity index (χ0v) is 10.5. The molecule has 2 aliphatic heterocycles. The van der Waals surface area contributed by atoms with E-state index in [0.717, 1.165) is 12.2 Å². The first-order valence-electron chi connectivity index (χ1n) is 5.58. The molecule has 0 aromatic rings. The van der Waals surface area contributed by atoms with Gasteiger partial charge in [0, 0.05) is 6.20 Å². The van der Waals surface area contributed by atoms with Crippen LogP contribution in [-0.2, 0) is 0 Å². The van der Waals surface area contributed by atoms with E-state index in [-0.39, 0.29) is 4.90 Å². The predicted molar refractivity (Wildman–Crippen MR) is 56.6 cm³/mol. The topological polar surface area (TPSA) is 15.6 Å². The minimum atomic E-state index is -6.74. The van der Waals surface area contributed by atoms with Gasteiger partial charge in [-0.25, -0.2) is 9.38 Å². The van der Waals surface area contributed by atoms with Gasteiger partial charge in [0.2, 0.25) is 5.95 Å². The molecule has 0 bridgehead atoms. The second-order valence-electron chi connectivity index (χ2n) is 4.40. The summed E-state index contributed by atoms with van der Waals surface area (Å²) in [5, 5.41) is 0. The highest BCUT2D eigenvalue weighted by atomic mass is 19.4. The Morgan fingerprint density at radius 3 is 2.00 bits per heavy atom. The van der Waals surface area contributed by atoms with Gasteiger partial charge < -0.3 is 0 Å². The minimum absolute atomic E-state index is 0.0902. The predicted octanol–water partition coefficient (Wildman–Crippen LogP) is 4.39. The Kier molecular flexibility index (Phi) is 3.58. The summed E-state index contributed by atoms with van der Waals surface area (Å²) >= 11 is 0. The Morgan fingerprint density at radius 1 is 0.957 bits per heavy atom. The molecule has 2 rings (SSSR count). The molecule has 1 atom stereocenters. The maximum Gasteiger partial charge on any atom is 0.459 e. The van der Waals surface area contributed by atoms with Crippen molar-refractivity contribution in [2.75, 3.05) is 0 Å². The second kappa shape index (κ2) is 4.74. The van der Waals surface area contributed by atoms with Crippen LogP contribution in [0, 0.1) is 0 Å². The fourth-order valence-electron chi connectivity index (χ4n) is 1.88. The van der Waals surface area contributed by atoms with E-state index in [2.05, 4.69) is 4.99 Å². The standard InChI is InChI=1S/C11H4F10N2/c12-7-6(9(14,15)16)8(13,10(17,18)11(19,20)21)22-5-3-1-2-4-23(5)7/h1-4H. The fourth-order valence-corrected chi connectivity index (χ4v) is 1.88. The average molecular weight is 354 g/mol. The Balaban J connectivity index is 2.78. The van der Waals surface area contributed by atoms with E-state index in [1.54, 1.807) is 0 Å². The molecule has 2 aliphatic rings. The lowest BCUT2D eigenvalue weighted by Gasteiger charge is -2.39. The highest BCUT2D eigenvalue weighted by molar-refractivity contribution is 5.97. The number of halogens is 10. The van der Waals surface area contributed by atoms with Crippen LogP contribution in [-0.4, -0.2) is 34.8 Å². The molecule has 0 saturated heterocycles. The SMILES string of the molecule is FC1=C(C(F)(F)F)C(F)(C(F)(F)C(F)(F)F)N=C2C=CC=CN21. The van der Waals surface area contributed by atoms with Gasteiger partial charge in [0.15, 0.2) is 5.57 Å². The van der Waals surface area contributed by atoms with Crippen molar-refractivity contribution in [3.63, 3.8) is 0 Å². The number of hydrogen-bond acceptors (Lipinski definition) is 2. The third kappa shape index (κ3) is 2.39. The van der Waals surface area contributed by atoms with Crippen molar-refractivity contribution < 1.29 is 43.9 Å². The molecule has 1 unspecified atom stereocenters. The van der Waals surface area contributed by atoms with E-state index in [1.165, 1.54) is 0 Å². The summed E-state index contributed by atoms with van der Waals surface area (Å²) in [5.41, 5.74) is -3.36. The zero-order valence-electron chi connectivity index (χ0n) is 10.5. The molecule has 0 saturated carbocycles. The van der Waals surface area contributed by atoms with Crippen LogP contribution in [0.25, 0.3) is 0 Å². The number of allylic oxidation sites excluding steroid dienone is 2. The van der Waals surface area contributed by atoms with Crippen molar-refractivity contribution in [3.8, 4) is 0 Å². The van der Waals surface area contributed by atoms with Crippen molar-refractivity contribution in [2.24, 2.45) is 4.99 Å². The normalized spacial score (nSPS) is 25.7. The molecule has 0 radical (unpaired) electrons. The Hall–Kier alpha value is -2.01. The number of nitrogens with zero attached hydrogens (tertiary/aromatic N) is 2. The first-order valence-corrected chi connectivity index (χ1v) is 5.58. The van der Waals surface area contributed by atoms with Crippen LogP contribution in [0.4, 0.5) is 43.9 Å². The van der Waals surface area contributed by atoms with Crippen molar-refractivity contribution >= 4 is 5.84 Å². The van der Waals surface area contributed by atoms with E-state index in [1.807, 2.05) is 0 Å². The van der Waals surface area contributed by atoms with Crippen LogP contribution >= 0.6 is 0 Å². The van der Waals surface area contributed by atoms with E-state index in [9.17, 15) is 43.9 Å². The number of rotatable bonds is 1. The molecule has 0 fully saturated rings. The van der Waals surface area contributed by atoms with Crippen LogP contribution in [0.15, 0.2) is 40.9 Å². The molecule has 0 aliphatic carbocycles. The lowest BCUT2D eigenvalue weighted by molar-refractivity contribution is -0.325. The van der Waals surface area contributed by atoms with Gasteiger partial charge in [-0.1, -0.05) is 6.08 Å². The molecule has 0 spiro atoms. The molecule has 0 N–H and O–H groups in total. The van der Waals surface area contributed by atoms with E-state index < -0.39 is 41.4 Å². The molecular formula is C11H4F10N2. The molecule has 0 aromatic heterocycles. The molecule has 2 heterocycles. The number of aliphatic imine (C=N–C) groups is 1. The highest BCUT2D eigenvalue weighted by Gasteiger charge is 2.78. The Labute approximate surface area is 121 Å². The molecule has 0 amide bonds. The molecule has 0 aromatic carbocycles. The van der Waals surface area contributed by atoms with E-state index >= 15 is 0 Å². The van der Waals surface area contributed by atoms with Gasteiger partial charge in [-0.2, -0.15) is 39.5 Å². The van der Waals surface area contributed by atoms with Crippen LogP contribution in [0.1, 0.15) is 0 Å². The fraction of sp³-hybridized carbons (Fsp3) is 0.364. The largest absolute Gasteiger partial charge is 0.459 e. The summed E-state index contributed by atoms with van der Waals surface area (Å²) in [6.07, 6.45) is -9.89. The van der Waals surface area contributed by atoms with Gasteiger partial charge in [-0.3, -0.25) is 4.90 Å². The van der Waals surface area contributed by atoms with Crippen molar-refractivity contribution in [2.45, 2.75) is 24.1 Å². The van der Waals surface area contributed by atoms with Gasteiger partial charge in [0.1, 0.15) is 5.84 Å². The average Bonchev–Trinajstić information content (AvgIpc) is 2.35. The quantitative estimate of drug-likeness (QED) is 0.504. The maximum atomic E-state index is 14.3. The molecule has 2 nitrogen and oxygen atoms in total. The molecule has 12 heteroatoms. The number of alkyl halides is 9. The highest BCUT2D eigenvalue weighted by Crippen LogP contribution is 2.56. The Bertz CT molecular complexity index is 636. The van der Waals surface area contributed by atoms with Gasteiger partial charge >= 0.3 is 24.1 Å². The van der Waals surface area contributed by atoms with Crippen LogP contribution in [0.2, 0.25) is 0 Å².